The van der Waals surface area contributed by atoms with Gasteiger partial charge in [0, 0.05) is 0 Å². The maximum Gasteiger partial charge on any atom is 0.230 e. The van der Waals surface area contributed by atoms with Crippen molar-refractivity contribution in [2.45, 2.75) is 17.3 Å². The maximum absolute atomic E-state index is 12.5. The van der Waals surface area contributed by atoms with Crippen LogP contribution < -0.4 is 5.32 Å². The van der Waals surface area contributed by atoms with E-state index in [4.69, 9.17) is 12.2 Å². The van der Waals surface area contributed by atoms with Crippen LogP contribution in [-0.2, 0) is 4.79 Å². The van der Waals surface area contributed by atoms with Gasteiger partial charge in [-0.15, -0.1) is 5.10 Å². The first kappa shape index (κ1) is 19.8. The highest BCUT2D eigenvalue weighted by Crippen LogP contribution is 2.26. The van der Waals surface area contributed by atoms with Crippen molar-refractivity contribution in [3.05, 3.63) is 82.3 Å². The molecule has 3 aromatic carbocycles. The Morgan fingerprint density at radius 1 is 1.10 bits per heavy atom. The molecule has 1 N–H and O–H groups in total. The van der Waals surface area contributed by atoms with Crippen molar-refractivity contribution < 1.29 is 4.79 Å². The molecule has 1 heterocycles. The summed E-state index contributed by atoms with van der Waals surface area (Å²) in [6.45, 7) is 2.01. The zero-order valence-electron chi connectivity index (χ0n) is 15.7. The number of carbonyl (C=O) groups is 1. The molecule has 0 aliphatic carbocycles. The van der Waals surface area contributed by atoms with Crippen molar-refractivity contribution >= 4 is 52.0 Å². The first-order valence-corrected chi connectivity index (χ1v) is 11.4. The predicted molar refractivity (Wildman–Crippen MR) is 124 cm³/mol. The average Bonchev–Trinajstić information content (AvgIpc) is 3.13. The molecule has 0 saturated carbocycles. The van der Waals surface area contributed by atoms with Crippen LogP contribution in [0.5, 0.6) is 0 Å². The molecule has 0 aliphatic heterocycles. The summed E-state index contributed by atoms with van der Waals surface area (Å²) >= 11 is 8.24. The van der Waals surface area contributed by atoms with Crippen LogP contribution in [0.25, 0.3) is 16.5 Å². The Labute approximate surface area is 182 Å². The lowest BCUT2D eigenvalue weighted by atomic mass is 10.00. The Kier molecular flexibility index (Phi) is 6.08. The van der Waals surface area contributed by atoms with Gasteiger partial charge in [0.05, 0.1) is 17.5 Å². The number of benzene rings is 3. The number of rotatable bonds is 6. The highest BCUT2D eigenvalue weighted by atomic mass is 32.2. The average molecular weight is 438 g/mol. The van der Waals surface area contributed by atoms with Crippen molar-refractivity contribution in [1.29, 1.82) is 0 Å². The zero-order valence-corrected chi connectivity index (χ0v) is 18.2. The maximum atomic E-state index is 12.5. The second kappa shape index (κ2) is 8.90. The molecular formula is C22H19N3OS3. The summed E-state index contributed by atoms with van der Waals surface area (Å²) in [5.41, 5.74) is 2.04. The number of hydrogen-bond donors (Lipinski definition) is 1. The SMILES string of the molecule is CC(NC(=O)CSc1nn(-c2ccccc2)c(=S)s1)c1cccc2ccccc12. The van der Waals surface area contributed by atoms with Gasteiger partial charge in [-0.05, 0) is 47.6 Å². The standard InChI is InChI=1S/C22H19N3OS3/c1-15(18-13-7-9-16-8-5-6-12-19(16)18)23-20(26)14-28-21-24-25(22(27)29-21)17-10-3-2-4-11-17/h2-13,15H,14H2,1H3,(H,23,26). The highest BCUT2D eigenvalue weighted by molar-refractivity contribution is 8.01. The minimum Gasteiger partial charge on any atom is -0.349 e. The van der Waals surface area contributed by atoms with Crippen molar-refractivity contribution in [3.8, 4) is 5.69 Å². The number of fused-ring (bicyclic) bond motifs is 1. The van der Waals surface area contributed by atoms with Crippen LogP contribution in [0.15, 0.2) is 77.1 Å². The molecule has 0 bridgehead atoms. The van der Waals surface area contributed by atoms with E-state index in [0.29, 0.717) is 9.71 Å². The Balaban J connectivity index is 1.41. The lowest BCUT2D eigenvalue weighted by Gasteiger charge is -2.16. The fourth-order valence-electron chi connectivity index (χ4n) is 3.17. The molecule has 146 valence electrons. The fourth-order valence-corrected chi connectivity index (χ4v) is 5.34. The van der Waals surface area contributed by atoms with E-state index in [9.17, 15) is 4.79 Å². The van der Waals surface area contributed by atoms with Gasteiger partial charge in [-0.1, -0.05) is 83.8 Å². The van der Waals surface area contributed by atoms with Gasteiger partial charge in [-0.3, -0.25) is 4.79 Å². The molecule has 1 unspecified atom stereocenters. The number of nitrogens with one attached hydrogen (secondary N) is 1. The van der Waals surface area contributed by atoms with Crippen LogP contribution in [-0.4, -0.2) is 21.4 Å². The number of amides is 1. The second-order valence-electron chi connectivity index (χ2n) is 6.53. The molecule has 1 amide bonds. The highest BCUT2D eigenvalue weighted by Gasteiger charge is 2.14. The molecule has 0 spiro atoms. The molecule has 0 radical (unpaired) electrons. The lowest BCUT2D eigenvalue weighted by molar-refractivity contribution is -0.119. The first-order chi connectivity index (χ1) is 14.1. The van der Waals surface area contributed by atoms with E-state index in [1.807, 2.05) is 55.5 Å². The number of hydrogen-bond acceptors (Lipinski definition) is 5. The topological polar surface area (TPSA) is 46.9 Å². The second-order valence-corrected chi connectivity index (χ2v) is 9.37. The monoisotopic (exact) mass is 437 g/mol. The largest absolute Gasteiger partial charge is 0.349 e. The Morgan fingerprint density at radius 3 is 2.66 bits per heavy atom. The van der Waals surface area contributed by atoms with E-state index in [1.54, 1.807) is 4.68 Å². The molecule has 29 heavy (non-hydrogen) atoms. The van der Waals surface area contributed by atoms with Crippen molar-refractivity contribution in [2.75, 3.05) is 5.75 Å². The molecule has 4 rings (SSSR count). The molecular weight excluding hydrogens is 418 g/mol. The third kappa shape index (κ3) is 4.58. The van der Waals surface area contributed by atoms with Gasteiger partial charge in [-0.2, -0.15) is 0 Å². The normalized spacial score (nSPS) is 12.0. The van der Waals surface area contributed by atoms with E-state index in [0.717, 1.165) is 21.0 Å². The van der Waals surface area contributed by atoms with Gasteiger partial charge in [0.1, 0.15) is 0 Å². The van der Waals surface area contributed by atoms with E-state index < -0.39 is 0 Å². The third-order valence-corrected chi connectivity index (χ3v) is 6.89. The summed E-state index contributed by atoms with van der Waals surface area (Å²) in [4.78, 5) is 12.5. The fraction of sp³-hybridized carbons (Fsp3) is 0.136. The number of carbonyl (C=O) groups excluding carboxylic acids is 1. The van der Waals surface area contributed by atoms with Crippen LogP contribution in [0, 0.1) is 3.95 Å². The van der Waals surface area contributed by atoms with Crippen LogP contribution in [0.1, 0.15) is 18.5 Å². The van der Waals surface area contributed by atoms with Crippen LogP contribution >= 0.6 is 35.3 Å². The summed E-state index contributed by atoms with van der Waals surface area (Å²) in [7, 11) is 0. The molecule has 1 aromatic heterocycles. The smallest absolute Gasteiger partial charge is 0.230 e. The summed E-state index contributed by atoms with van der Waals surface area (Å²) in [6.07, 6.45) is 0. The van der Waals surface area contributed by atoms with Crippen molar-refractivity contribution in [2.24, 2.45) is 0 Å². The van der Waals surface area contributed by atoms with Gasteiger partial charge in [0.15, 0.2) is 8.29 Å². The molecule has 0 saturated heterocycles. The summed E-state index contributed by atoms with van der Waals surface area (Å²) in [6, 6.07) is 24.1. The molecule has 0 fully saturated rings. The number of aromatic nitrogens is 2. The Morgan fingerprint density at radius 2 is 1.83 bits per heavy atom. The van der Waals surface area contributed by atoms with E-state index >= 15 is 0 Å². The van der Waals surface area contributed by atoms with Crippen molar-refractivity contribution in [1.82, 2.24) is 15.1 Å². The van der Waals surface area contributed by atoms with Crippen LogP contribution in [0.3, 0.4) is 0 Å². The molecule has 0 aliphatic rings. The van der Waals surface area contributed by atoms with E-state index in [1.165, 1.54) is 28.5 Å². The zero-order chi connectivity index (χ0) is 20.2. The summed E-state index contributed by atoms with van der Waals surface area (Å²) in [5.74, 6) is 0.273. The van der Waals surface area contributed by atoms with Gasteiger partial charge in [-0.25, -0.2) is 4.68 Å². The number of thioether (sulfide) groups is 1. The lowest BCUT2D eigenvalue weighted by Crippen LogP contribution is -2.28. The Hall–Kier alpha value is -2.48. The predicted octanol–water partition coefficient (Wildman–Crippen LogP) is 5.79. The van der Waals surface area contributed by atoms with Gasteiger partial charge in [0.2, 0.25) is 5.91 Å². The molecule has 1 atom stereocenters. The number of nitrogens with zero attached hydrogens (tertiary/aromatic N) is 2. The van der Waals surface area contributed by atoms with Gasteiger partial charge in [0.25, 0.3) is 0 Å². The minimum absolute atomic E-state index is 0.0252. The van der Waals surface area contributed by atoms with E-state index in [-0.39, 0.29) is 11.9 Å². The minimum atomic E-state index is -0.0748. The third-order valence-electron chi connectivity index (χ3n) is 4.52. The first-order valence-electron chi connectivity index (χ1n) is 9.17. The number of para-hydroxylation sites is 1. The molecule has 4 aromatic rings. The molecule has 4 nitrogen and oxygen atoms in total. The van der Waals surface area contributed by atoms with Gasteiger partial charge >= 0.3 is 0 Å². The quantitative estimate of drug-likeness (QED) is 0.306. The van der Waals surface area contributed by atoms with Crippen LogP contribution in [0.2, 0.25) is 0 Å². The summed E-state index contributed by atoms with van der Waals surface area (Å²) < 4.78 is 3.19. The van der Waals surface area contributed by atoms with E-state index in [2.05, 4.69) is 34.7 Å². The van der Waals surface area contributed by atoms with Gasteiger partial charge < -0.3 is 5.32 Å². The summed E-state index contributed by atoms with van der Waals surface area (Å²) in [5, 5.41) is 9.98. The molecule has 7 heteroatoms. The van der Waals surface area contributed by atoms with Crippen LogP contribution in [0.4, 0.5) is 0 Å². The van der Waals surface area contributed by atoms with Crippen molar-refractivity contribution in [3.63, 3.8) is 0 Å². The Bertz CT molecular complexity index is 1200.